The van der Waals surface area contributed by atoms with Crippen molar-refractivity contribution in [2.45, 2.75) is 38.7 Å². The van der Waals surface area contributed by atoms with E-state index >= 15 is 0 Å². The maximum Gasteiger partial charge on any atom is 0.306 e. The average Bonchev–Trinajstić information content (AvgIpc) is 2.74. The molecule has 150 valence electrons. The van der Waals surface area contributed by atoms with Crippen molar-refractivity contribution in [3.8, 4) is 0 Å². The zero-order valence-corrected chi connectivity index (χ0v) is 16.8. The van der Waals surface area contributed by atoms with Crippen LogP contribution in [-0.4, -0.2) is 18.3 Å². The Balaban J connectivity index is 1.66. The topological polar surface area (TPSA) is 69.4 Å². The molecule has 0 aliphatic heterocycles. The maximum absolute atomic E-state index is 12.9. The van der Waals surface area contributed by atoms with E-state index in [9.17, 15) is 9.59 Å². The number of ketones is 1. The van der Waals surface area contributed by atoms with Gasteiger partial charge in [-0.2, -0.15) is 0 Å². The Kier molecular flexibility index (Phi) is 7.14. The Labute approximate surface area is 171 Å². The van der Waals surface area contributed by atoms with Crippen LogP contribution < -0.4 is 5.73 Å². The monoisotopic (exact) mass is 389 g/mol. The molecular weight excluding hydrogens is 362 g/mol. The fourth-order valence-corrected chi connectivity index (χ4v) is 3.41. The van der Waals surface area contributed by atoms with Crippen molar-refractivity contribution in [3.05, 3.63) is 83.4 Å². The lowest BCUT2D eigenvalue weighted by Crippen LogP contribution is -2.23. The van der Waals surface area contributed by atoms with E-state index in [1.54, 1.807) is 0 Å². The van der Waals surface area contributed by atoms with Gasteiger partial charge in [-0.15, -0.1) is 0 Å². The van der Waals surface area contributed by atoms with Crippen LogP contribution in [0.4, 0.5) is 0 Å². The molecule has 0 aliphatic carbocycles. The maximum atomic E-state index is 12.9. The molecule has 3 aromatic rings. The molecule has 3 rings (SSSR count). The number of esters is 1. The third-order valence-electron chi connectivity index (χ3n) is 5.05. The van der Waals surface area contributed by atoms with Gasteiger partial charge in [-0.05, 0) is 33.9 Å². The summed E-state index contributed by atoms with van der Waals surface area (Å²) in [6.07, 6.45) is 1.55. The van der Waals surface area contributed by atoms with E-state index in [0.717, 1.165) is 33.9 Å². The minimum atomic E-state index is -0.349. The summed E-state index contributed by atoms with van der Waals surface area (Å²) in [5, 5.41) is 2.29. The van der Waals surface area contributed by atoms with Crippen LogP contribution in [0, 0.1) is 0 Å². The molecule has 0 spiro atoms. The van der Waals surface area contributed by atoms with Gasteiger partial charge >= 0.3 is 5.97 Å². The number of carbonyl (C=O) groups excluding carboxylic acids is 2. The van der Waals surface area contributed by atoms with Crippen molar-refractivity contribution < 1.29 is 14.3 Å². The fraction of sp³-hybridized carbons (Fsp3) is 0.280. The van der Waals surface area contributed by atoms with Gasteiger partial charge in [0.25, 0.3) is 0 Å². The van der Waals surface area contributed by atoms with Gasteiger partial charge in [-0.1, -0.05) is 73.7 Å². The lowest BCUT2D eigenvalue weighted by Gasteiger charge is -2.15. The normalized spacial score (nSPS) is 11.9. The van der Waals surface area contributed by atoms with E-state index in [1.165, 1.54) is 0 Å². The number of hydrogen-bond donors (Lipinski definition) is 1. The molecule has 4 heteroatoms. The van der Waals surface area contributed by atoms with Gasteiger partial charge in [0.1, 0.15) is 12.4 Å². The lowest BCUT2D eigenvalue weighted by molar-refractivity contribution is -0.145. The van der Waals surface area contributed by atoms with Crippen LogP contribution in [0.2, 0.25) is 0 Å². The minimum Gasteiger partial charge on any atom is -0.461 e. The zero-order chi connectivity index (χ0) is 20.6. The van der Waals surface area contributed by atoms with Crippen molar-refractivity contribution in [2.24, 2.45) is 5.73 Å². The standard InChI is InChI=1S/C25H27NO3/c1-2-5-25(28)29-17-18-8-12-21(13-9-18)23(16-26)24(27)15-19-10-11-20-6-3-4-7-22(20)14-19/h3-4,6-14,23H,2,5,15-17,26H2,1H3. The second-order valence-electron chi connectivity index (χ2n) is 7.27. The van der Waals surface area contributed by atoms with Gasteiger partial charge in [0.15, 0.2) is 0 Å². The molecule has 0 radical (unpaired) electrons. The molecule has 0 amide bonds. The highest BCUT2D eigenvalue weighted by molar-refractivity contribution is 5.90. The van der Waals surface area contributed by atoms with E-state index in [1.807, 2.05) is 55.5 Å². The second kappa shape index (κ2) is 9.99. The number of carbonyl (C=O) groups is 2. The van der Waals surface area contributed by atoms with E-state index in [-0.39, 0.29) is 30.8 Å². The zero-order valence-electron chi connectivity index (χ0n) is 16.8. The van der Waals surface area contributed by atoms with Crippen LogP contribution in [0.25, 0.3) is 10.8 Å². The van der Waals surface area contributed by atoms with Crippen LogP contribution in [-0.2, 0) is 27.4 Å². The fourth-order valence-electron chi connectivity index (χ4n) is 3.41. The average molecular weight is 389 g/mol. The van der Waals surface area contributed by atoms with E-state index in [4.69, 9.17) is 10.5 Å². The Bertz CT molecular complexity index is 979. The van der Waals surface area contributed by atoms with Crippen molar-refractivity contribution >= 4 is 22.5 Å². The Morgan fingerprint density at radius 2 is 1.62 bits per heavy atom. The van der Waals surface area contributed by atoms with E-state index < -0.39 is 0 Å². The van der Waals surface area contributed by atoms with Gasteiger partial charge in [0.2, 0.25) is 0 Å². The number of fused-ring (bicyclic) bond motifs is 1. The van der Waals surface area contributed by atoms with Gasteiger partial charge in [0.05, 0.1) is 5.92 Å². The molecule has 1 unspecified atom stereocenters. The van der Waals surface area contributed by atoms with Crippen LogP contribution in [0.3, 0.4) is 0 Å². The third kappa shape index (κ3) is 5.52. The van der Waals surface area contributed by atoms with Crippen molar-refractivity contribution in [2.75, 3.05) is 6.54 Å². The van der Waals surface area contributed by atoms with Crippen molar-refractivity contribution in [3.63, 3.8) is 0 Å². The Morgan fingerprint density at radius 1 is 0.931 bits per heavy atom. The lowest BCUT2D eigenvalue weighted by atomic mass is 9.90. The molecule has 0 heterocycles. The largest absolute Gasteiger partial charge is 0.461 e. The number of nitrogens with two attached hydrogens (primary N) is 1. The molecule has 0 saturated heterocycles. The van der Waals surface area contributed by atoms with Crippen molar-refractivity contribution in [1.82, 2.24) is 0 Å². The first-order valence-electron chi connectivity index (χ1n) is 10.1. The first-order chi connectivity index (χ1) is 14.1. The summed E-state index contributed by atoms with van der Waals surface area (Å²) in [5.74, 6) is -0.440. The molecule has 1 atom stereocenters. The van der Waals surface area contributed by atoms with Crippen molar-refractivity contribution in [1.29, 1.82) is 0 Å². The molecule has 0 saturated carbocycles. The first-order valence-corrected chi connectivity index (χ1v) is 10.1. The molecule has 3 aromatic carbocycles. The predicted molar refractivity (Wildman–Crippen MR) is 116 cm³/mol. The number of ether oxygens (including phenoxy) is 1. The molecule has 0 fully saturated rings. The quantitative estimate of drug-likeness (QED) is 0.546. The summed E-state index contributed by atoms with van der Waals surface area (Å²) >= 11 is 0. The van der Waals surface area contributed by atoms with Crippen LogP contribution in [0.5, 0.6) is 0 Å². The second-order valence-corrected chi connectivity index (χ2v) is 7.27. The molecular formula is C25H27NO3. The van der Waals surface area contributed by atoms with Crippen LogP contribution in [0.15, 0.2) is 66.7 Å². The van der Waals surface area contributed by atoms with Crippen LogP contribution >= 0.6 is 0 Å². The van der Waals surface area contributed by atoms with Gasteiger partial charge in [-0.25, -0.2) is 0 Å². The minimum absolute atomic E-state index is 0.102. The summed E-state index contributed by atoms with van der Waals surface area (Å²) in [4.78, 5) is 24.4. The molecule has 4 nitrogen and oxygen atoms in total. The number of benzene rings is 3. The van der Waals surface area contributed by atoms with E-state index in [2.05, 4.69) is 18.2 Å². The summed E-state index contributed by atoms with van der Waals surface area (Å²) in [7, 11) is 0. The predicted octanol–water partition coefficient (Wildman–Crippen LogP) is 4.54. The number of Topliss-reactive ketones (excluding diaryl/α,β-unsaturated/α-hetero) is 1. The number of rotatable bonds is 9. The summed E-state index contributed by atoms with van der Waals surface area (Å²) in [5.41, 5.74) is 8.71. The van der Waals surface area contributed by atoms with Gasteiger partial charge in [0, 0.05) is 19.4 Å². The molecule has 0 bridgehead atoms. The number of hydrogen-bond acceptors (Lipinski definition) is 4. The SMILES string of the molecule is CCCC(=O)OCc1ccc(C(CN)C(=O)Cc2ccc3ccccc3c2)cc1. The van der Waals surface area contributed by atoms with E-state index in [0.29, 0.717) is 12.8 Å². The first kappa shape index (κ1) is 20.7. The highest BCUT2D eigenvalue weighted by Gasteiger charge is 2.19. The summed E-state index contributed by atoms with van der Waals surface area (Å²) in [6.45, 7) is 2.45. The third-order valence-corrected chi connectivity index (χ3v) is 5.05. The molecule has 29 heavy (non-hydrogen) atoms. The van der Waals surface area contributed by atoms with Crippen LogP contribution in [0.1, 0.15) is 42.4 Å². The van der Waals surface area contributed by atoms with Gasteiger partial charge in [-0.3, -0.25) is 9.59 Å². The Morgan fingerprint density at radius 3 is 2.31 bits per heavy atom. The molecule has 0 aliphatic rings. The molecule has 0 aromatic heterocycles. The highest BCUT2D eigenvalue weighted by Crippen LogP contribution is 2.21. The smallest absolute Gasteiger partial charge is 0.306 e. The van der Waals surface area contributed by atoms with Gasteiger partial charge < -0.3 is 10.5 Å². The molecule has 2 N–H and O–H groups in total. The Hall–Kier alpha value is -2.98. The summed E-state index contributed by atoms with van der Waals surface area (Å²) in [6, 6.07) is 21.8. The summed E-state index contributed by atoms with van der Waals surface area (Å²) < 4.78 is 5.23. The highest BCUT2D eigenvalue weighted by atomic mass is 16.5.